The smallest absolute Gasteiger partial charge is 0.152 e. The Bertz CT molecular complexity index is 583. The molecule has 0 fully saturated rings. The zero-order valence-electron chi connectivity index (χ0n) is 12.9. The fourth-order valence-corrected chi connectivity index (χ4v) is 1.86. The molecular formula is C15H24N4O. The summed E-state index contributed by atoms with van der Waals surface area (Å²) in [6, 6.07) is 2.05. The van der Waals surface area contributed by atoms with E-state index in [2.05, 4.69) is 42.2 Å². The van der Waals surface area contributed by atoms with E-state index in [4.69, 9.17) is 0 Å². The van der Waals surface area contributed by atoms with Crippen LogP contribution >= 0.6 is 0 Å². The molecule has 0 spiro atoms. The van der Waals surface area contributed by atoms with Crippen molar-refractivity contribution in [1.82, 2.24) is 14.6 Å². The number of anilines is 1. The van der Waals surface area contributed by atoms with Crippen LogP contribution in [0.3, 0.4) is 0 Å². The third-order valence-electron chi connectivity index (χ3n) is 3.41. The van der Waals surface area contributed by atoms with Gasteiger partial charge in [-0.25, -0.2) is 9.50 Å². The van der Waals surface area contributed by atoms with Gasteiger partial charge in [-0.1, -0.05) is 34.6 Å². The number of rotatable bonds is 4. The maximum Gasteiger partial charge on any atom is 0.152 e. The summed E-state index contributed by atoms with van der Waals surface area (Å²) in [5.41, 5.74) is 1.96. The molecule has 2 heterocycles. The summed E-state index contributed by atoms with van der Waals surface area (Å²) < 4.78 is 1.83. The predicted octanol–water partition coefficient (Wildman–Crippen LogP) is 2.46. The second kappa shape index (κ2) is 5.40. The van der Waals surface area contributed by atoms with E-state index in [0.717, 1.165) is 17.0 Å². The van der Waals surface area contributed by atoms with Gasteiger partial charge in [0, 0.05) is 24.4 Å². The van der Waals surface area contributed by atoms with E-state index in [1.54, 1.807) is 6.20 Å². The van der Waals surface area contributed by atoms with Gasteiger partial charge in [-0.05, 0) is 12.0 Å². The van der Waals surface area contributed by atoms with Gasteiger partial charge >= 0.3 is 0 Å². The Hall–Kier alpha value is -1.62. The van der Waals surface area contributed by atoms with Crippen molar-refractivity contribution < 1.29 is 5.11 Å². The third-order valence-corrected chi connectivity index (χ3v) is 3.41. The first-order valence-electron chi connectivity index (χ1n) is 7.06. The minimum atomic E-state index is -0.387. The highest BCUT2D eigenvalue weighted by Gasteiger charge is 2.19. The maximum atomic E-state index is 9.88. The molecule has 5 heteroatoms. The molecule has 0 aliphatic heterocycles. The van der Waals surface area contributed by atoms with Gasteiger partial charge in [0.05, 0.1) is 11.8 Å². The standard InChI is InChI=1S/C15H24N4O/c1-10(2)12(20)9-17-14-11-8-13(15(3,4)5)18-19(11)7-6-16-14/h6-8,10,12,20H,9H2,1-5H3,(H,16,17). The molecule has 0 bridgehead atoms. The minimum Gasteiger partial charge on any atom is -0.391 e. The highest BCUT2D eigenvalue weighted by molar-refractivity contribution is 5.68. The molecule has 2 aromatic heterocycles. The van der Waals surface area contributed by atoms with Crippen LogP contribution in [0.25, 0.3) is 5.52 Å². The lowest BCUT2D eigenvalue weighted by atomic mass is 9.92. The molecular weight excluding hydrogens is 252 g/mol. The Morgan fingerprint density at radius 3 is 2.65 bits per heavy atom. The van der Waals surface area contributed by atoms with E-state index in [9.17, 15) is 5.11 Å². The first-order chi connectivity index (χ1) is 9.29. The Kier molecular flexibility index (Phi) is 3.99. The third kappa shape index (κ3) is 3.10. The fraction of sp³-hybridized carbons (Fsp3) is 0.600. The summed E-state index contributed by atoms with van der Waals surface area (Å²) in [7, 11) is 0. The molecule has 0 aromatic carbocycles. The molecule has 2 aromatic rings. The lowest BCUT2D eigenvalue weighted by molar-refractivity contribution is 0.138. The largest absolute Gasteiger partial charge is 0.391 e. The van der Waals surface area contributed by atoms with Crippen LogP contribution < -0.4 is 5.32 Å². The van der Waals surface area contributed by atoms with Crippen molar-refractivity contribution in [3.05, 3.63) is 24.2 Å². The molecule has 2 rings (SSSR count). The van der Waals surface area contributed by atoms with Crippen LogP contribution in [0.1, 0.15) is 40.3 Å². The molecule has 0 saturated carbocycles. The molecule has 0 aliphatic rings. The van der Waals surface area contributed by atoms with Crippen LogP contribution in [0.15, 0.2) is 18.5 Å². The summed E-state index contributed by atoms with van der Waals surface area (Å²) in [6.45, 7) is 10.9. The summed E-state index contributed by atoms with van der Waals surface area (Å²) >= 11 is 0. The Morgan fingerprint density at radius 2 is 2.05 bits per heavy atom. The molecule has 0 saturated heterocycles. The van der Waals surface area contributed by atoms with Crippen molar-refractivity contribution in [2.45, 2.75) is 46.1 Å². The van der Waals surface area contributed by atoms with Crippen LogP contribution in [-0.4, -0.2) is 32.4 Å². The Morgan fingerprint density at radius 1 is 1.35 bits per heavy atom. The van der Waals surface area contributed by atoms with Gasteiger partial charge in [-0.15, -0.1) is 0 Å². The number of fused-ring (bicyclic) bond motifs is 1. The molecule has 0 aliphatic carbocycles. The van der Waals surface area contributed by atoms with E-state index in [0.29, 0.717) is 6.54 Å². The maximum absolute atomic E-state index is 9.88. The van der Waals surface area contributed by atoms with Crippen molar-refractivity contribution in [1.29, 1.82) is 0 Å². The first kappa shape index (κ1) is 14.8. The number of aliphatic hydroxyl groups is 1. The Labute approximate surface area is 120 Å². The second-order valence-corrected chi connectivity index (χ2v) is 6.58. The molecule has 110 valence electrons. The fourth-order valence-electron chi connectivity index (χ4n) is 1.86. The Balaban J connectivity index is 2.28. The zero-order chi connectivity index (χ0) is 14.9. The van der Waals surface area contributed by atoms with Gasteiger partial charge in [-0.3, -0.25) is 0 Å². The van der Waals surface area contributed by atoms with Crippen molar-refractivity contribution in [3.63, 3.8) is 0 Å². The summed E-state index contributed by atoms with van der Waals surface area (Å²) in [6.07, 6.45) is 3.17. The normalized spacial score (nSPS) is 13.9. The van der Waals surface area contributed by atoms with E-state index >= 15 is 0 Å². The first-order valence-corrected chi connectivity index (χ1v) is 7.06. The van der Waals surface area contributed by atoms with Gasteiger partial charge < -0.3 is 10.4 Å². The molecule has 0 radical (unpaired) electrons. The van der Waals surface area contributed by atoms with E-state index in [1.165, 1.54) is 0 Å². The summed E-state index contributed by atoms with van der Waals surface area (Å²) in [5, 5.41) is 17.7. The molecule has 20 heavy (non-hydrogen) atoms. The van der Waals surface area contributed by atoms with Crippen molar-refractivity contribution in [2.75, 3.05) is 11.9 Å². The molecule has 1 unspecified atom stereocenters. The highest BCUT2D eigenvalue weighted by atomic mass is 16.3. The summed E-state index contributed by atoms with van der Waals surface area (Å²) in [4.78, 5) is 4.35. The number of nitrogens with zero attached hydrogens (tertiary/aromatic N) is 3. The van der Waals surface area contributed by atoms with Crippen molar-refractivity contribution in [2.24, 2.45) is 5.92 Å². The lowest BCUT2D eigenvalue weighted by Gasteiger charge is -2.15. The number of aliphatic hydroxyl groups excluding tert-OH is 1. The quantitative estimate of drug-likeness (QED) is 0.900. The summed E-state index contributed by atoms with van der Waals surface area (Å²) in [5.74, 6) is 0.979. The average Bonchev–Trinajstić information content (AvgIpc) is 2.79. The second-order valence-electron chi connectivity index (χ2n) is 6.58. The average molecular weight is 276 g/mol. The van der Waals surface area contributed by atoms with Gasteiger partial charge in [0.15, 0.2) is 5.82 Å². The van der Waals surface area contributed by atoms with Crippen LogP contribution in [-0.2, 0) is 5.41 Å². The number of aromatic nitrogens is 3. The lowest BCUT2D eigenvalue weighted by Crippen LogP contribution is -2.25. The molecule has 0 amide bonds. The van der Waals surface area contributed by atoms with Crippen molar-refractivity contribution in [3.8, 4) is 0 Å². The van der Waals surface area contributed by atoms with Crippen LogP contribution in [0.2, 0.25) is 0 Å². The van der Waals surface area contributed by atoms with Gasteiger partial charge in [-0.2, -0.15) is 5.10 Å². The molecule has 1 atom stereocenters. The van der Waals surface area contributed by atoms with Crippen LogP contribution in [0.5, 0.6) is 0 Å². The van der Waals surface area contributed by atoms with Crippen LogP contribution in [0, 0.1) is 5.92 Å². The minimum absolute atomic E-state index is 0.000731. The highest BCUT2D eigenvalue weighted by Crippen LogP contribution is 2.24. The number of hydrogen-bond acceptors (Lipinski definition) is 4. The van der Waals surface area contributed by atoms with Crippen LogP contribution in [0.4, 0.5) is 5.82 Å². The van der Waals surface area contributed by atoms with Crippen molar-refractivity contribution >= 4 is 11.3 Å². The number of nitrogens with one attached hydrogen (secondary N) is 1. The van der Waals surface area contributed by atoms with E-state index < -0.39 is 0 Å². The zero-order valence-corrected chi connectivity index (χ0v) is 12.9. The van der Waals surface area contributed by atoms with E-state index in [-0.39, 0.29) is 17.4 Å². The number of hydrogen-bond donors (Lipinski definition) is 2. The van der Waals surface area contributed by atoms with Gasteiger partial charge in [0.2, 0.25) is 0 Å². The molecule has 5 nitrogen and oxygen atoms in total. The molecule has 2 N–H and O–H groups in total. The topological polar surface area (TPSA) is 62.5 Å². The van der Waals surface area contributed by atoms with Gasteiger partial charge in [0.25, 0.3) is 0 Å². The predicted molar refractivity (Wildman–Crippen MR) is 81.0 cm³/mol. The monoisotopic (exact) mass is 276 g/mol. The van der Waals surface area contributed by atoms with E-state index in [1.807, 2.05) is 24.6 Å². The SMILES string of the molecule is CC(C)C(O)CNc1nccn2nc(C(C)(C)C)cc12. The van der Waals surface area contributed by atoms with Gasteiger partial charge in [0.1, 0.15) is 5.52 Å².